The fourth-order valence-corrected chi connectivity index (χ4v) is 7.92. The van der Waals surface area contributed by atoms with E-state index in [1.54, 1.807) is 11.1 Å². The van der Waals surface area contributed by atoms with Gasteiger partial charge in [-0.3, -0.25) is 9.88 Å². The van der Waals surface area contributed by atoms with Gasteiger partial charge in [-0.1, -0.05) is 13.0 Å². The molecule has 6 rings (SSSR count). The van der Waals surface area contributed by atoms with Gasteiger partial charge in [0.1, 0.15) is 12.4 Å². The smallest absolute Gasteiger partial charge is 0.120 e. The van der Waals surface area contributed by atoms with Crippen molar-refractivity contribution < 1.29 is 4.74 Å². The quantitative estimate of drug-likeness (QED) is 0.613. The minimum absolute atomic E-state index is 0.552. The van der Waals surface area contributed by atoms with Gasteiger partial charge in [-0.15, -0.1) is 0 Å². The van der Waals surface area contributed by atoms with Gasteiger partial charge >= 0.3 is 0 Å². The molecule has 164 valence electrons. The van der Waals surface area contributed by atoms with Crippen molar-refractivity contribution in [2.24, 2.45) is 17.3 Å². The van der Waals surface area contributed by atoms with Gasteiger partial charge in [-0.2, -0.15) is 0 Å². The van der Waals surface area contributed by atoms with Gasteiger partial charge in [0.15, 0.2) is 0 Å². The first-order valence-electron chi connectivity index (χ1n) is 12.6. The molecule has 5 atom stereocenters. The lowest BCUT2D eigenvalue weighted by Gasteiger charge is -2.52. The molecule has 1 aromatic heterocycles. The second-order valence-electron chi connectivity index (χ2n) is 10.8. The lowest BCUT2D eigenvalue weighted by atomic mass is 9.55. The van der Waals surface area contributed by atoms with Crippen LogP contribution in [0.2, 0.25) is 0 Å². The van der Waals surface area contributed by atoms with E-state index in [-0.39, 0.29) is 0 Å². The zero-order chi connectivity index (χ0) is 20.8. The molecule has 0 amide bonds. The Bertz CT molecular complexity index is 922. The topological polar surface area (TPSA) is 25.4 Å². The molecule has 1 aromatic carbocycles. The number of likely N-dealkylation sites (tertiary alicyclic amines) is 1. The number of aryl methyl sites for hydroxylation is 1. The zero-order valence-corrected chi connectivity index (χ0v) is 18.9. The molecule has 0 spiro atoms. The van der Waals surface area contributed by atoms with E-state index in [0.29, 0.717) is 12.0 Å². The van der Waals surface area contributed by atoms with Crippen molar-refractivity contribution in [1.29, 1.82) is 0 Å². The average Bonchev–Trinajstić information content (AvgIpc) is 3.45. The van der Waals surface area contributed by atoms with Gasteiger partial charge in [0.05, 0.1) is 0 Å². The normalized spacial score (nSPS) is 34.7. The SMILES string of the molecule is C[C@]12CC[C@@H]3c4ccc(OCc5ccncc5)cc4CC[C@H]3[C@@H]1CC[C@@H]2N1CCCC1. The highest BCUT2D eigenvalue weighted by Crippen LogP contribution is 2.62. The van der Waals surface area contributed by atoms with E-state index in [1.807, 2.05) is 24.5 Å². The van der Waals surface area contributed by atoms with E-state index in [1.165, 1.54) is 70.0 Å². The van der Waals surface area contributed by atoms with Crippen LogP contribution in [0.4, 0.5) is 0 Å². The second kappa shape index (κ2) is 7.92. The van der Waals surface area contributed by atoms with Gasteiger partial charge in [0.2, 0.25) is 0 Å². The Hall–Kier alpha value is -1.87. The number of rotatable bonds is 4. The van der Waals surface area contributed by atoms with Crippen molar-refractivity contribution in [1.82, 2.24) is 9.88 Å². The largest absolute Gasteiger partial charge is 0.489 e. The van der Waals surface area contributed by atoms with Crippen LogP contribution in [0.3, 0.4) is 0 Å². The van der Waals surface area contributed by atoms with Gasteiger partial charge in [-0.05, 0) is 129 Å². The van der Waals surface area contributed by atoms with E-state index in [2.05, 4.69) is 35.0 Å². The third kappa shape index (κ3) is 3.40. The minimum Gasteiger partial charge on any atom is -0.489 e. The molecule has 3 aliphatic carbocycles. The third-order valence-corrected chi connectivity index (χ3v) is 9.38. The lowest BCUT2D eigenvalue weighted by molar-refractivity contribution is 0.00683. The van der Waals surface area contributed by atoms with Crippen molar-refractivity contribution in [3.05, 3.63) is 59.4 Å². The molecular weight excluding hydrogens is 380 g/mol. The van der Waals surface area contributed by atoms with Crippen molar-refractivity contribution in [3.8, 4) is 5.75 Å². The number of nitrogens with zero attached hydrogens (tertiary/aromatic N) is 2. The lowest BCUT2D eigenvalue weighted by Crippen LogP contribution is -2.49. The van der Waals surface area contributed by atoms with Crippen LogP contribution in [-0.4, -0.2) is 29.0 Å². The Morgan fingerprint density at radius 1 is 1.03 bits per heavy atom. The van der Waals surface area contributed by atoms with Crippen molar-refractivity contribution in [2.45, 2.75) is 76.9 Å². The Morgan fingerprint density at radius 2 is 1.87 bits per heavy atom. The summed E-state index contributed by atoms with van der Waals surface area (Å²) in [5.74, 6) is 3.60. The molecule has 0 unspecified atom stereocenters. The van der Waals surface area contributed by atoms with Gasteiger partial charge in [0.25, 0.3) is 0 Å². The van der Waals surface area contributed by atoms with E-state index in [4.69, 9.17) is 4.74 Å². The molecule has 0 bridgehead atoms. The van der Waals surface area contributed by atoms with Crippen LogP contribution in [-0.2, 0) is 13.0 Å². The number of aromatic nitrogens is 1. The van der Waals surface area contributed by atoms with Crippen molar-refractivity contribution in [3.63, 3.8) is 0 Å². The Kier molecular flexibility index (Phi) is 5.06. The Morgan fingerprint density at radius 3 is 2.71 bits per heavy atom. The highest BCUT2D eigenvalue weighted by molar-refractivity contribution is 5.41. The molecule has 1 aliphatic heterocycles. The summed E-state index contributed by atoms with van der Waals surface area (Å²) in [6, 6.07) is 11.9. The average molecular weight is 417 g/mol. The summed E-state index contributed by atoms with van der Waals surface area (Å²) in [5.41, 5.74) is 4.91. The first kappa shape index (κ1) is 19.8. The number of hydrogen-bond donors (Lipinski definition) is 0. The first-order chi connectivity index (χ1) is 15.2. The summed E-state index contributed by atoms with van der Waals surface area (Å²) in [4.78, 5) is 6.96. The number of hydrogen-bond acceptors (Lipinski definition) is 3. The Labute approximate surface area is 187 Å². The maximum atomic E-state index is 6.12. The van der Waals surface area contributed by atoms with E-state index >= 15 is 0 Å². The van der Waals surface area contributed by atoms with Crippen molar-refractivity contribution >= 4 is 0 Å². The molecular formula is C28H36N2O. The maximum Gasteiger partial charge on any atom is 0.120 e. The number of fused-ring (bicyclic) bond motifs is 5. The van der Waals surface area contributed by atoms with Crippen molar-refractivity contribution in [2.75, 3.05) is 13.1 Å². The van der Waals surface area contributed by atoms with E-state index in [0.717, 1.165) is 29.5 Å². The zero-order valence-electron chi connectivity index (χ0n) is 18.9. The molecule has 2 heterocycles. The van der Waals surface area contributed by atoms with Crippen LogP contribution < -0.4 is 4.74 Å². The second-order valence-corrected chi connectivity index (χ2v) is 10.8. The number of pyridine rings is 1. The molecule has 1 saturated heterocycles. The summed E-state index contributed by atoms with van der Waals surface area (Å²) in [6.07, 6.45) is 14.8. The van der Waals surface area contributed by atoms with Gasteiger partial charge < -0.3 is 4.74 Å². The van der Waals surface area contributed by atoms with Crippen LogP contribution >= 0.6 is 0 Å². The molecule has 3 nitrogen and oxygen atoms in total. The molecule has 0 radical (unpaired) electrons. The molecule has 3 heteroatoms. The molecule has 2 aromatic rings. The monoisotopic (exact) mass is 416 g/mol. The molecule has 2 saturated carbocycles. The third-order valence-electron chi connectivity index (χ3n) is 9.38. The summed E-state index contributed by atoms with van der Waals surface area (Å²) < 4.78 is 6.12. The van der Waals surface area contributed by atoms with Crippen LogP contribution in [0.5, 0.6) is 5.75 Å². The highest BCUT2D eigenvalue weighted by atomic mass is 16.5. The summed E-state index contributed by atoms with van der Waals surface area (Å²) in [6.45, 7) is 5.99. The van der Waals surface area contributed by atoms with Crippen LogP contribution in [0.25, 0.3) is 0 Å². The predicted molar refractivity (Wildman–Crippen MR) is 124 cm³/mol. The van der Waals surface area contributed by atoms with Gasteiger partial charge in [0, 0.05) is 18.4 Å². The van der Waals surface area contributed by atoms with E-state index in [9.17, 15) is 0 Å². The fourth-order valence-electron chi connectivity index (χ4n) is 7.92. The standard InChI is InChI=1S/C28H36N2O/c1-28-13-10-24-23-7-5-22(31-19-20-11-14-29-15-12-20)18-21(23)4-6-25(24)26(28)8-9-27(28)30-16-2-3-17-30/h5,7,11-12,14-15,18,24-27H,2-4,6,8-10,13,16-17,19H2,1H3/t24-,25-,26+,27+,28+/m1/s1. The molecule has 3 fully saturated rings. The first-order valence-corrected chi connectivity index (χ1v) is 12.6. The maximum absolute atomic E-state index is 6.12. The summed E-state index contributed by atoms with van der Waals surface area (Å²) in [5, 5.41) is 0. The fraction of sp³-hybridized carbons (Fsp3) is 0.607. The summed E-state index contributed by atoms with van der Waals surface area (Å²) in [7, 11) is 0. The van der Waals surface area contributed by atoms with Crippen LogP contribution in [0.1, 0.15) is 74.5 Å². The van der Waals surface area contributed by atoms with Crippen LogP contribution in [0.15, 0.2) is 42.7 Å². The highest BCUT2D eigenvalue weighted by Gasteiger charge is 2.56. The molecule has 4 aliphatic rings. The minimum atomic E-state index is 0.552. The van der Waals surface area contributed by atoms with Crippen LogP contribution in [0, 0.1) is 17.3 Å². The van der Waals surface area contributed by atoms with Gasteiger partial charge in [-0.25, -0.2) is 0 Å². The predicted octanol–water partition coefficient (Wildman–Crippen LogP) is 5.98. The molecule has 31 heavy (non-hydrogen) atoms. The molecule has 0 N–H and O–H groups in total. The number of benzene rings is 1. The van der Waals surface area contributed by atoms with E-state index < -0.39 is 0 Å². The number of ether oxygens (including phenoxy) is 1. The summed E-state index contributed by atoms with van der Waals surface area (Å²) >= 11 is 0. The Balaban J connectivity index is 1.19.